The number of nitrogens with one attached hydrogen (secondary N) is 2. The summed E-state index contributed by atoms with van der Waals surface area (Å²) in [6, 6.07) is 16.3. The normalized spacial score (nSPS) is 19.4. The van der Waals surface area contributed by atoms with Crippen molar-refractivity contribution in [1.29, 1.82) is 0 Å². The number of hydrogen-bond acceptors (Lipinski definition) is 17. The van der Waals surface area contributed by atoms with Crippen LogP contribution in [-0.2, 0) is 46.1 Å². The minimum absolute atomic E-state index is 0. The van der Waals surface area contributed by atoms with Crippen LogP contribution in [0.15, 0.2) is 102 Å². The van der Waals surface area contributed by atoms with Crippen LogP contribution >= 0.6 is 0 Å². The van der Waals surface area contributed by atoms with Gasteiger partial charge in [0.05, 0.1) is 55.4 Å². The number of halogens is 1. The van der Waals surface area contributed by atoms with Gasteiger partial charge in [0.15, 0.2) is 5.75 Å². The van der Waals surface area contributed by atoms with E-state index in [1.165, 1.54) is 6.07 Å². The van der Waals surface area contributed by atoms with Crippen LogP contribution in [-0.4, -0.2) is 134 Å². The third-order valence-corrected chi connectivity index (χ3v) is 17.1. The Hall–Kier alpha value is -7.97. The predicted octanol–water partition coefficient (Wildman–Crippen LogP) is 9.89. The summed E-state index contributed by atoms with van der Waals surface area (Å²) in [7, 11) is 0. The third-order valence-electron chi connectivity index (χ3n) is 17.1. The van der Waals surface area contributed by atoms with Crippen molar-refractivity contribution in [3.63, 3.8) is 0 Å². The average Bonchev–Trinajstić information content (AvgIpc) is 1.90. The maximum atomic E-state index is 16.3. The fourth-order valence-electron chi connectivity index (χ4n) is 12.5. The number of rotatable bonds is 18. The van der Waals surface area contributed by atoms with Crippen LogP contribution in [0.25, 0.3) is 44.2 Å². The van der Waals surface area contributed by atoms with Gasteiger partial charge in [-0.15, -0.1) is 0 Å². The molecule has 5 aliphatic rings. The zero-order valence-corrected chi connectivity index (χ0v) is 52.7. The van der Waals surface area contributed by atoms with Gasteiger partial charge >= 0.3 is 12.1 Å². The van der Waals surface area contributed by atoms with Crippen molar-refractivity contribution in [1.82, 2.24) is 50.7 Å². The Morgan fingerprint density at radius 2 is 1.69 bits per heavy atom. The number of likely N-dealkylation sites (tertiary alicyclic amines) is 1. The van der Waals surface area contributed by atoms with E-state index in [0.717, 1.165) is 52.0 Å². The molecule has 3 aromatic heterocycles. The second-order valence-corrected chi connectivity index (χ2v) is 24.9. The molecule has 7 aromatic rings. The zero-order valence-electron chi connectivity index (χ0n) is 51.1. The van der Waals surface area contributed by atoms with Gasteiger partial charge in [-0.25, -0.2) is 9.18 Å². The van der Waals surface area contributed by atoms with Gasteiger partial charge in [0.1, 0.15) is 53.6 Å². The van der Waals surface area contributed by atoms with Crippen LogP contribution in [0.1, 0.15) is 125 Å². The molecule has 1 aliphatic carbocycles. The summed E-state index contributed by atoms with van der Waals surface area (Å²) in [5.74, 6) is 0.0466. The van der Waals surface area contributed by atoms with Gasteiger partial charge in [0.2, 0.25) is 11.8 Å². The van der Waals surface area contributed by atoms with Crippen LogP contribution in [0.2, 0.25) is 0 Å². The van der Waals surface area contributed by atoms with Gasteiger partial charge in [0.25, 0.3) is 0 Å². The number of nitrogens with zero attached hydrogens (tertiary/aromatic N) is 11. The van der Waals surface area contributed by atoms with Gasteiger partial charge in [0, 0.05) is 81.8 Å². The number of carbonyl (C=O) groups is 3. The number of ether oxygens (including phenoxy) is 4. The van der Waals surface area contributed by atoms with Gasteiger partial charge in [-0.2, -0.15) is 21.3 Å². The summed E-state index contributed by atoms with van der Waals surface area (Å²) in [6.45, 7) is 15.5. The number of fused-ring (bicyclic) bond motifs is 2. The Bertz CT molecular complexity index is 3790. The van der Waals surface area contributed by atoms with Crippen molar-refractivity contribution < 1.29 is 63.3 Å². The largest absolute Gasteiger partial charge is 0.581 e. The van der Waals surface area contributed by atoms with Crippen molar-refractivity contribution in [2.24, 2.45) is 16.3 Å². The Kier molecular flexibility index (Phi) is 18.7. The van der Waals surface area contributed by atoms with Gasteiger partial charge in [-0.05, 0) is 123 Å². The third kappa shape index (κ3) is 13.6. The summed E-state index contributed by atoms with van der Waals surface area (Å²) in [6.07, 6.45) is 12.5. The molecular formula is C66H75FN13O8Pd-. The number of amides is 3. The molecule has 4 aromatic carbocycles. The number of aliphatic hydroxyl groups is 1. The molecule has 3 amide bonds. The molecule has 89 heavy (non-hydrogen) atoms. The smallest absolute Gasteiger partial charge is 0.408 e. The molecule has 5 unspecified atom stereocenters. The molecule has 12 rings (SSSR count). The molecule has 0 bridgehead atoms. The number of aliphatic hydroxyl groups excluding tert-OH is 1. The minimum atomic E-state index is -0.723. The van der Waals surface area contributed by atoms with Crippen molar-refractivity contribution in [2.45, 2.75) is 141 Å². The van der Waals surface area contributed by atoms with Crippen molar-refractivity contribution in [2.75, 3.05) is 50.9 Å². The van der Waals surface area contributed by atoms with E-state index in [1.807, 2.05) is 102 Å². The SMILES string of the molecule is Cc1nccnc1-c1ccc(C(CO)NC(=O)C2CCCN2C(=O)C(C(C)C)N2CC(c3ccc(COc4c(-c5c(C)c(F)cc6n[n-]cc56)c(C5CC5)cc5c(N6CC=CC(NC(=O)OC(C)(C)C)C6)nc(OC6CCOCC6)nc45)cc3)N=N2)cc1.[Pd]. The maximum absolute atomic E-state index is 16.3. The maximum Gasteiger partial charge on any atom is 0.408 e. The number of aryl methyl sites for hydroxylation is 1. The quantitative estimate of drug-likeness (QED) is 0.0534. The van der Waals surface area contributed by atoms with E-state index >= 15 is 4.39 Å². The molecule has 3 fully saturated rings. The first-order chi connectivity index (χ1) is 42.5. The average molecular weight is 1300 g/mol. The molecule has 21 nitrogen and oxygen atoms in total. The van der Waals surface area contributed by atoms with E-state index < -0.39 is 41.7 Å². The monoisotopic (exact) mass is 1300 g/mol. The van der Waals surface area contributed by atoms with E-state index in [0.29, 0.717) is 115 Å². The standard InChI is InChI=1S/C66H76FN13O8.Pd/c1-37(2)59(63(83)79-27-9-11-54(79)62(82)72-53(35-81)43-18-20-44(21-19-43)57-39(4)68-24-25-69-57)80-34-52(76-77-80)42-14-12-40(13-15-42)36-86-60-56(55-38(3)50(67)31-51-49(55)32-70-75-51)47(41-16-17-41)30-48-58(60)73-64(87-46-22-28-85-29-23-46)74-61(48)78-26-8-10-45(33-78)71-65(84)88-66(5,6)7;/h8,10,12-15,18-21,24-25,30-32,37,41,45-46,52-54,59,81H,9,11,16-17,22-23,26-29,33-36H2,1-7H3,(H3,70,71,72,73,74,75,82,84);/p-1. The molecule has 5 atom stereocenters. The number of benzene rings is 4. The first-order valence-corrected chi connectivity index (χ1v) is 30.6. The van der Waals surface area contributed by atoms with Gasteiger partial charge in [-0.1, -0.05) is 79.8 Å². The molecule has 1 saturated carbocycles. The Morgan fingerprint density at radius 3 is 2.40 bits per heavy atom. The number of alkyl carbamates (subject to hydrolysis) is 1. The molecule has 2 saturated heterocycles. The topological polar surface area (TPSA) is 245 Å². The Labute approximate surface area is 530 Å². The molecule has 23 heteroatoms. The van der Waals surface area contributed by atoms with E-state index in [1.54, 1.807) is 35.4 Å². The molecule has 4 aliphatic heterocycles. The van der Waals surface area contributed by atoms with Gasteiger partial charge < -0.3 is 54.7 Å². The Morgan fingerprint density at radius 1 is 0.921 bits per heavy atom. The van der Waals surface area contributed by atoms with Crippen LogP contribution in [0.3, 0.4) is 0 Å². The first-order valence-electron chi connectivity index (χ1n) is 30.6. The molecule has 3 N–H and O–H groups in total. The van der Waals surface area contributed by atoms with E-state index in [-0.39, 0.29) is 75.4 Å². The summed E-state index contributed by atoms with van der Waals surface area (Å²) >= 11 is 0. The van der Waals surface area contributed by atoms with Crippen LogP contribution in [0.4, 0.5) is 15.0 Å². The van der Waals surface area contributed by atoms with E-state index in [2.05, 4.69) is 47.0 Å². The van der Waals surface area contributed by atoms with E-state index in [4.69, 9.17) is 34.0 Å². The second kappa shape index (κ2) is 26.6. The molecule has 470 valence electrons. The Balaban J connectivity index is 0.00000817. The first kappa shape index (κ1) is 62.6. The molecule has 0 spiro atoms. The van der Waals surface area contributed by atoms with Crippen molar-refractivity contribution in [3.8, 4) is 34.1 Å². The number of anilines is 1. The van der Waals surface area contributed by atoms with Crippen LogP contribution < -0.4 is 30.1 Å². The predicted molar refractivity (Wildman–Crippen MR) is 328 cm³/mol. The summed E-state index contributed by atoms with van der Waals surface area (Å²) in [4.78, 5) is 64.8. The van der Waals surface area contributed by atoms with Crippen LogP contribution in [0.5, 0.6) is 11.8 Å². The zero-order chi connectivity index (χ0) is 61.4. The molecular weight excluding hydrogens is 1230 g/mol. The van der Waals surface area contributed by atoms with Gasteiger partial charge in [-0.3, -0.25) is 24.6 Å². The fraction of sp³-hybridized carbons (Fsp3) is 0.455. The minimum Gasteiger partial charge on any atom is -0.581 e. The fourth-order valence-corrected chi connectivity index (χ4v) is 12.5. The summed E-state index contributed by atoms with van der Waals surface area (Å²) < 4.78 is 41.4. The summed E-state index contributed by atoms with van der Waals surface area (Å²) in [5, 5.41) is 37.5. The van der Waals surface area contributed by atoms with Crippen molar-refractivity contribution in [3.05, 3.63) is 131 Å². The second-order valence-electron chi connectivity index (χ2n) is 24.9. The van der Waals surface area contributed by atoms with E-state index in [9.17, 15) is 19.5 Å². The van der Waals surface area contributed by atoms with Crippen LogP contribution in [0, 0.1) is 25.6 Å². The number of aromatic nitrogens is 6. The number of carbonyl (C=O) groups excluding carboxylic acids is 3. The molecule has 0 radical (unpaired) electrons. The number of hydrogen-bond donors (Lipinski definition) is 3. The molecule has 7 heterocycles. The summed E-state index contributed by atoms with van der Waals surface area (Å²) in [5.41, 5.74) is 7.81. The van der Waals surface area contributed by atoms with Crippen molar-refractivity contribution >= 4 is 45.5 Å².